The second kappa shape index (κ2) is 8.12. The molecule has 0 aliphatic carbocycles. The van der Waals surface area contributed by atoms with Crippen LogP contribution in [0.3, 0.4) is 0 Å². The highest BCUT2D eigenvalue weighted by molar-refractivity contribution is 5.76. The Morgan fingerprint density at radius 2 is 2.04 bits per heavy atom. The van der Waals surface area contributed by atoms with E-state index in [1.807, 2.05) is 47.7 Å². The molecule has 1 aromatic carbocycles. The molecule has 150 valence electrons. The second-order valence-electron chi connectivity index (χ2n) is 7.58. The van der Waals surface area contributed by atoms with Crippen LogP contribution in [0.25, 0.3) is 0 Å². The number of carbonyl (C=O) groups excluding carboxylic acids is 1. The SMILES string of the molecule is Cc1cc(C)n(CCC(=O)N2CCC[C@H](Nc3ccc4c(c3)OCCO4)C2)n1. The van der Waals surface area contributed by atoms with Gasteiger partial charge in [-0.1, -0.05) is 0 Å². The summed E-state index contributed by atoms with van der Waals surface area (Å²) in [5, 5.41) is 8.00. The van der Waals surface area contributed by atoms with Gasteiger partial charge < -0.3 is 19.7 Å². The summed E-state index contributed by atoms with van der Waals surface area (Å²) in [6.07, 6.45) is 2.54. The highest BCUT2D eigenvalue weighted by Gasteiger charge is 2.24. The van der Waals surface area contributed by atoms with Gasteiger partial charge in [-0.25, -0.2) is 0 Å². The van der Waals surface area contributed by atoms with Crippen LogP contribution in [0.5, 0.6) is 11.5 Å². The van der Waals surface area contributed by atoms with E-state index in [1.165, 1.54) is 0 Å². The number of aromatic nitrogens is 2. The van der Waals surface area contributed by atoms with E-state index in [1.54, 1.807) is 0 Å². The number of amides is 1. The molecular weight excluding hydrogens is 356 g/mol. The molecular formula is C21H28N4O3. The molecule has 1 N–H and O–H groups in total. The average Bonchev–Trinajstić information content (AvgIpc) is 3.03. The molecule has 1 atom stereocenters. The van der Waals surface area contributed by atoms with E-state index >= 15 is 0 Å². The number of anilines is 1. The van der Waals surface area contributed by atoms with Gasteiger partial charge in [-0.15, -0.1) is 0 Å². The molecule has 2 aliphatic heterocycles. The van der Waals surface area contributed by atoms with Gasteiger partial charge in [0.05, 0.1) is 5.69 Å². The number of likely N-dealkylation sites (tertiary alicyclic amines) is 1. The van der Waals surface area contributed by atoms with E-state index in [2.05, 4.69) is 10.4 Å². The molecule has 1 fully saturated rings. The minimum atomic E-state index is 0.196. The van der Waals surface area contributed by atoms with Crippen LogP contribution >= 0.6 is 0 Å². The lowest BCUT2D eigenvalue weighted by atomic mass is 10.0. The van der Waals surface area contributed by atoms with E-state index in [-0.39, 0.29) is 11.9 Å². The van der Waals surface area contributed by atoms with Gasteiger partial charge in [0.1, 0.15) is 13.2 Å². The van der Waals surface area contributed by atoms with Crippen molar-refractivity contribution >= 4 is 11.6 Å². The van der Waals surface area contributed by atoms with Crippen molar-refractivity contribution in [1.82, 2.24) is 14.7 Å². The lowest BCUT2D eigenvalue weighted by molar-refractivity contribution is -0.132. The van der Waals surface area contributed by atoms with Gasteiger partial charge in [0.25, 0.3) is 0 Å². The Labute approximate surface area is 165 Å². The van der Waals surface area contributed by atoms with Crippen molar-refractivity contribution < 1.29 is 14.3 Å². The number of nitrogens with zero attached hydrogens (tertiary/aromatic N) is 3. The number of benzene rings is 1. The molecule has 3 heterocycles. The van der Waals surface area contributed by atoms with E-state index in [4.69, 9.17) is 9.47 Å². The van der Waals surface area contributed by atoms with Crippen molar-refractivity contribution in [2.75, 3.05) is 31.6 Å². The minimum absolute atomic E-state index is 0.196. The highest BCUT2D eigenvalue weighted by Crippen LogP contribution is 2.33. The van der Waals surface area contributed by atoms with Crippen molar-refractivity contribution in [3.63, 3.8) is 0 Å². The van der Waals surface area contributed by atoms with E-state index in [9.17, 15) is 4.79 Å². The molecule has 0 bridgehead atoms. The molecule has 0 unspecified atom stereocenters. The lowest BCUT2D eigenvalue weighted by Gasteiger charge is -2.34. The number of carbonyl (C=O) groups is 1. The fourth-order valence-electron chi connectivity index (χ4n) is 3.95. The molecule has 28 heavy (non-hydrogen) atoms. The molecule has 0 spiro atoms. The number of hydrogen-bond acceptors (Lipinski definition) is 5. The zero-order chi connectivity index (χ0) is 19.5. The number of hydrogen-bond donors (Lipinski definition) is 1. The predicted molar refractivity (Wildman–Crippen MR) is 107 cm³/mol. The van der Waals surface area contributed by atoms with E-state index in [0.29, 0.717) is 26.2 Å². The van der Waals surface area contributed by atoms with Gasteiger partial charge in [0, 0.05) is 49.5 Å². The predicted octanol–water partition coefficient (Wildman–Crippen LogP) is 2.76. The number of fused-ring (bicyclic) bond motifs is 1. The first kappa shape index (κ1) is 18.7. The van der Waals surface area contributed by atoms with Crippen molar-refractivity contribution in [1.29, 1.82) is 0 Å². The van der Waals surface area contributed by atoms with E-state index < -0.39 is 0 Å². The average molecular weight is 384 g/mol. The van der Waals surface area contributed by atoms with Gasteiger partial charge in [-0.3, -0.25) is 9.48 Å². The first-order valence-corrected chi connectivity index (χ1v) is 10.0. The molecule has 1 saturated heterocycles. The quantitative estimate of drug-likeness (QED) is 0.859. The first-order chi connectivity index (χ1) is 13.6. The maximum atomic E-state index is 12.7. The normalized spacial score (nSPS) is 18.8. The van der Waals surface area contributed by atoms with Crippen LogP contribution in [0.15, 0.2) is 24.3 Å². The van der Waals surface area contributed by atoms with Gasteiger partial charge >= 0.3 is 0 Å². The van der Waals surface area contributed by atoms with Crippen LogP contribution < -0.4 is 14.8 Å². The Kier molecular flexibility index (Phi) is 5.41. The van der Waals surface area contributed by atoms with Crippen LogP contribution in [0.4, 0.5) is 5.69 Å². The number of ether oxygens (including phenoxy) is 2. The summed E-state index contributed by atoms with van der Waals surface area (Å²) in [6, 6.07) is 8.22. The largest absolute Gasteiger partial charge is 0.486 e. The zero-order valence-corrected chi connectivity index (χ0v) is 16.6. The van der Waals surface area contributed by atoms with Gasteiger partial charge in [0.15, 0.2) is 11.5 Å². The molecule has 4 rings (SSSR count). The summed E-state index contributed by atoms with van der Waals surface area (Å²) >= 11 is 0. The van der Waals surface area contributed by atoms with Gasteiger partial charge in [-0.05, 0) is 44.9 Å². The van der Waals surface area contributed by atoms with Crippen LogP contribution in [-0.4, -0.2) is 52.9 Å². The number of nitrogens with one attached hydrogen (secondary N) is 1. The van der Waals surface area contributed by atoms with Crippen molar-refractivity contribution in [2.45, 2.75) is 45.7 Å². The van der Waals surface area contributed by atoms with Gasteiger partial charge in [0.2, 0.25) is 5.91 Å². The summed E-state index contributed by atoms with van der Waals surface area (Å²) in [4.78, 5) is 14.7. The summed E-state index contributed by atoms with van der Waals surface area (Å²) in [5.74, 6) is 1.77. The molecule has 0 saturated carbocycles. The number of rotatable bonds is 5. The first-order valence-electron chi connectivity index (χ1n) is 10.0. The highest BCUT2D eigenvalue weighted by atomic mass is 16.6. The zero-order valence-electron chi connectivity index (χ0n) is 16.6. The summed E-state index contributed by atoms with van der Waals surface area (Å²) < 4.78 is 13.2. The van der Waals surface area contributed by atoms with Crippen LogP contribution in [0, 0.1) is 13.8 Å². The fourth-order valence-corrected chi connectivity index (χ4v) is 3.95. The lowest BCUT2D eigenvalue weighted by Crippen LogP contribution is -2.45. The van der Waals surface area contributed by atoms with Crippen molar-refractivity contribution in [3.05, 3.63) is 35.7 Å². The Balaban J connectivity index is 1.32. The van der Waals surface area contributed by atoms with Crippen molar-refractivity contribution in [3.8, 4) is 11.5 Å². The molecule has 1 amide bonds. The Morgan fingerprint density at radius 1 is 1.21 bits per heavy atom. The Hall–Kier alpha value is -2.70. The molecule has 1 aromatic heterocycles. The van der Waals surface area contributed by atoms with Crippen molar-refractivity contribution in [2.24, 2.45) is 0 Å². The second-order valence-corrected chi connectivity index (χ2v) is 7.58. The Morgan fingerprint density at radius 3 is 2.82 bits per heavy atom. The number of aryl methyl sites for hydroxylation is 3. The standard InChI is InChI=1S/C21H28N4O3/c1-15-12-16(2)25(23-15)9-7-21(26)24-8-3-4-18(14-24)22-17-5-6-19-20(13-17)28-11-10-27-19/h5-6,12-13,18,22H,3-4,7-11,14H2,1-2H3/t18-/m0/s1. The summed E-state index contributed by atoms with van der Waals surface area (Å²) in [5.41, 5.74) is 3.10. The monoisotopic (exact) mass is 384 g/mol. The Bertz CT molecular complexity index is 848. The summed E-state index contributed by atoms with van der Waals surface area (Å²) in [7, 11) is 0. The third-order valence-corrected chi connectivity index (χ3v) is 5.33. The van der Waals surface area contributed by atoms with Crippen LogP contribution in [-0.2, 0) is 11.3 Å². The van der Waals surface area contributed by atoms with E-state index in [0.717, 1.165) is 54.5 Å². The molecule has 2 aliphatic rings. The molecule has 7 heteroatoms. The maximum Gasteiger partial charge on any atom is 0.224 e. The van der Waals surface area contributed by atoms with Crippen LogP contribution in [0.1, 0.15) is 30.7 Å². The number of piperidine rings is 1. The van der Waals surface area contributed by atoms with Gasteiger partial charge in [-0.2, -0.15) is 5.10 Å². The molecule has 2 aromatic rings. The topological polar surface area (TPSA) is 68.6 Å². The van der Waals surface area contributed by atoms with Crippen LogP contribution in [0.2, 0.25) is 0 Å². The third-order valence-electron chi connectivity index (χ3n) is 5.33. The maximum absolute atomic E-state index is 12.7. The molecule has 7 nitrogen and oxygen atoms in total. The minimum Gasteiger partial charge on any atom is -0.486 e. The summed E-state index contributed by atoms with van der Waals surface area (Å²) in [6.45, 7) is 7.37. The third kappa shape index (κ3) is 4.24. The smallest absolute Gasteiger partial charge is 0.224 e. The molecule has 0 radical (unpaired) electrons. The fraction of sp³-hybridized carbons (Fsp3) is 0.524.